The molecule has 0 saturated carbocycles. The summed E-state index contributed by atoms with van der Waals surface area (Å²) in [7, 11) is -3.89. The molecule has 0 bridgehead atoms. The third-order valence-corrected chi connectivity index (χ3v) is 4.24. The molecule has 8 nitrogen and oxygen atoms in total. The van der Waals surface area contributed by atoms with Gasteiger partial charge in [-0.15, -0.1) is 5.10 Å². The Bertz CT molecular complexity index is 891. The molecule has 0 fully saturated rings. The molecule has 2 heterocycles. The van der Waals surface area contributed by atoms with Gasteiger partial charge in [0, 0.05) is 0 Å². The van der Waals surface area contributed by atoms with Gasteiger partial charge in [-0.2, -0.15) is 22.8 Å². The first-order valence-corrected chi connectivity index (χ1v) is 7.60. The minimum Gasteiger partial charge on any atom is -0.340 e. The number of amides is 1. The van der Waals surface area contributed by atoms with E-state index >= 15 is 0 Å². The molecule has 0 saturated heterocycles. The molecule has 3 rings (SSSR count). The van der Waals surface area contributed by atoms with Crippen LogP contribution in [0.1, 0.15) is 10.6 Å². The first-order valence-electron chi connectivity index (χ1n) is 6.12. The summed E-state index contributed by atoms with van der Waals surface area (Å²) in [5.74, 6) is -2.02. The zero-order valence-electron chi connectivity index (χ0n) is 11.1. The number of para-hydroxylation sites is 1. The predicted molar refractivity (Wildman–Crippen MR) is 70.6 cm³/mol. The van der Waals surface area contributed by atoms with Crippen molar-refractivity contribution < 1.29 is 26.4 Å². The largest absolute Gasteiger partial charge is 0.405 e. The molecule has 1 aliphatic rings. The normalized spacial score (nSPS) is 15.3. The molecule has 0 spiro atoms. The number of nitrogens with zero attached hydrogens (tertiary/aromatic N) is 3. The Morgan fingerprint density at radius 2 is 2.00 bits per heavy atom. The zero-order valence-corrected chi connectivity index (χ0v) is 11.9. The molecule has 1 aliphatic heterocycles. The second kappa shape index (κ2) is 4.94. The maximum atomic E-state index is 12.1. The van der Waals surface area contributed by atoms with E-state index in [0.29, 0.717) is 0 Å². The van der Waals surface area contributed by atoms with E-state index in [2.05, 4.69) is 14.8 Å². The number of sulfonamides is 1. The van der Waals surface area contributed by atoms with Crippen LogP contribution in [0.5, 0.6) is 0 Å². The molecule has 23 heavy (non-hydrogen) atoms. The number of fused-ring (bicyclic) bond motifs is 3. The Kier molecular flexibility index (Phi) is 3.28. The molecule has 0 unspecified atom stereocenters. The second-order valence-corrected chi connectivity index (χ2v) is 6.19. The summed E-state index contributed by atoms with van der Waals surface area (Å²) in [6, 6.07) is 5.81. The van der Waals surface area contributed by atoms with Crippen LogP contribution in [-0.4, -0.2) is 41.8 Å². The number of carbonyl (C=O) groups excluding carboxylic acids is 1. The van der Waals surface area contributed by atoms with Crippen molar-refractivity contribution in [1.82, 2.24) is 20.1 Å². The van der Waals surface area contributed by atoms with Gasteiger partial charge in [0.25, 0.3) is 15.9 Å². The summed E-state index contributed by atoms with van der Waals surface area (Å²) < 4.78 is 63.5. The van der Waals surface area contributed by atoms with E-state index in [1.165, 1.54) is 18.2 Å². The highest BCUT2D eigenvalue weighted by Gasteiger charge is 2.32. The lowest BCUT2D eigenvalue weighted by Gasteiger charge is -2.17. The smallest absolute Gasteiger partial charge is 0.340 e. The SMILES string of the molecule is O=C(NCC(F)(F)F)c1nc2n(n1)-c1ccccc1S(=O)(=O)N2. The first-order chi connectivity index (χ1) is 10.7. The van der Waals surface area contributed by atoms with Crippen LogP contribution in [0, 0.1) is 0 Å². The molecule has 12 heteroatoms. The lowest BCUT2D eigenvalue weighted by atomic mass is 10.3. The van der Waals surface area contributed by atoms with Crippen LogP contribution in [0.2, 0.25) is 0 Å². The quantitative estimate of drug-likeness (QED) is 0.831. The second-order valence-electron chi connectivity index (χ2n) is 4.54. The van der Waals surface area contributed by atoms with Crippen molar-refractivity contribution in [3.8, 4) is 5.69 Å². The Morgan fingerprint density at radius 3 is 2.70 bits per heavy atom. The van der Waals surface area contributed by atoms with Gasteiger partial charge in [0.2, 0.25) is 11.8 Å². The molecular weight excluding hydrogens is 339 g/mol. The van der Waals surface area contributed by atoms with Gasteiger partial charge in [-0.3, -0.25) is 4.79 Å². The van der Waals surface area contributed by atoms with Gasteiger partial charge >= 0.3 is 6.18 Å². The van der Waals surface area contributed by atoms with E-state index in [0.717, 1.165) is 4.68 Å². The summed E-state index contributed by atoms with van der Waals surface area (Å²) in [4.78, 5) is 15.2. The molecule has 1 aromatic heterocycles. The van der Waals surface area contributed by atoms with E-state index in [4.69, 9.17) is 0 Å². The van der Waals surface area contributed by atoms with Crippen LogP contribution in [0.25, 0.3) is 5.69 Å². The molecule has 0 radical (unpaired) electrons. The third kappa shape index (κ3) is 2.84. The minimum atomic E-state index is -4.58. The maximum Gasteiger partial charge on any atom is 0.405 e. The summed E-state index contributed by atoms with van der Waals surface area (Å²) in [5.41, 5.74) is 0.142. The monoisotopic (exact) mass is 347 g/mol. The van der Waals surface area contributed by atoms with Gasteiger partial charge < -0.3 is 5.32 Å². The predicted octanol–water partition coefficient (Wildman–Crippen LogP) is 0.674. The van der Waals surface area contributed by atoms with Crippen molar-refractivity contribution in [3.63, 3.8) is 0 Å². The molecule has 0 atom stereocenters. The highest BCUT2D eigenvalue weighted by Crippen LogP contribution is 2.29. The molecule has 1 aromatic carbocycles. The van der Waals surface area contributed by atoms with Crippen LogP contribution >= 0.6 is 0 Å². The van der Waals surface area contributed by atoms with Crippen molar-refractivity contribution in [2.75, 3.05) is 11.3 Å². The fourth-order valence-electron chi connectivity index (χ4n) is 1.94. The average Bonchev–Trinajstić information content (AvgIpc) is 2.87. The highest BCUT2D eigenvalue weighted by atomic mass is 32.2. The Labute approximate surface area is 127 Å². The molecule has 2 aromatic rings. The third-order valence-electron chi connectivity index (χ3n) is 2.87. The number of halogens is 3. The number of anilines is 1. The van der Waals surface area contributed by atoms with Crippen molar-refractivity contribution in [2.24, 2.45) is 0 Å². The number of carbonyl (C=O) groups is 1. The number of hydrogen-bond acceptors (Lipinski definition) is 5. The lowest BCUT2D eigenvalue weighted by Crippen LogP contribution is -2.34. The average molecular weight is 347 g/mol. The fourth-order valence-corrected chi connectivity index (χ4v) is 3.11. The van der Waals surface area contributed by atoms with Crippen molar-refractivity contribution in [1.29, 1.82) is 0 Å². The Hall–Kier alpha value is -2.63. The molecule has 0 aliphatic carbocycles. The lowest BCUT2D eigenvalue weighted by molar-refractivity contribution is -0.123. The standard InChI is InChI=1S/C11H8F3N5O3S/c12-11(13,14)5-15-9(20)8-16-10-18-23(21,22)7-4-2-1-3-6(7)19(10)17-8/h1-4H,5H2,(H,15,20)(H,16,17,18). The molecule has 1 amide bonds. The van der Waals surface area contributed by atoms with Crippen LogP contribution in [0.4, 0.5) is 19.1 Å². The summed E-state index contributed by atoms with van der Waals surface area (Å²) in [6.45, 7) is -1.54. The van der Waals surface area contributed by atoms with Crippen LogP contribution in [-0.2, 0) is 10.0 Å². The van der Waals surface area contributed by atoms with Crippen LogP contribution in [0.15, 0.2) is 29.2 Å². The minimum absolute atomic E-state index is 0.0837. The summed E-state index contributed by atoms with van der Waals surface area (Å²) >= 11 is 0. The Balaban J connectivity index is 1.97. The Morgan fingerprint density at radius 1 is 1.30 bits per heavy atom. The van der Waals surface area contributed by atoms with Crippen LogP contribution < -0.4 is 10.0 Å². The van der Waals surface area contributed by atoms with E-state index in [1.54, 1.807) is 11.4 Å². The number of aromatic nitrogens is 3. The van der Waals surface area contributed by atoms with Gasteiger partial charge in [0.15, 0.2) is 0 Å². The number of benzene rings is 1. The van der Waals surface area contributed by atoms with Crippen molar-refractivity contribution in [2.45, 2.75) is 11.1 Å². The fraction of sp³-hybridized carbons (Fsp3) is 0.182. The number of nitrogens with one attached hydrogen (secondary N) is 2. The van der Waals surface area contributed by atoms with Crippen LogP contribution in [0.3, 0.4) is 0 Å². The molecular formula is C11H8F3N5O3S. The molecule has 122 valence electrons. The van der Waals surface area contributed by atoms with Gasteiger partial charge in [0.05, 0.1) is 5.69 Å². The van der Waals surface area contributed by atoms with E-state index < -0.39 is 34.5 Å². The van der Waals surface area contributed by atoms with Gasteiger partial charge in [-0.25, -0.2) is 13.1 Å². The maximum absolute atomic E-state index is 12.1. The topological polar surface area (TPSA) is 106 Å². The van der Waals surface area contributed by atoms with Crippen molar-refractivity contribution >= 4 is 21.9 Å². The zero-order chi connectivity index (χ0) is 16.8. The number of alkyl halides is 3. The summed E-state index contributed by atoms with van der Waals surface area (Å²) in [6.07, 6.45) is -4.58. The van der Waals surface area contributed by atoms with Gasteiger partial charge in [0.1, 0.15) is 11.4 Å². The van der Waals surface area contributed by atoms with E-state index in [-0.39, 0.29) is 16.5 Å². The van der Waals surface area contributed by atoms with E-state index in [1.807, 2.05) is 0 Å². The van der Waals surface area contributed by atoms with E-state index in [9.17, 15) is 26.4 Å². The first kappa shape index (κ1) is 15.3. The van der Waals surface area contributed by atoms with Crippen molar-refractivity contribution in [3.05, 3.63) is 30.1 Å². The summed E-state index contributed by atoms with van der Waals surface area (Å²) in [5, 5.41) is 5.37. The number of rotatable bonds is 2. The van der Waals surface area contributed by atoms with Gasteiger partial charge in [-0.05, 0) is 12.1 Å². The van der Waals surface area contributed by atoms with Gasteiger partial charge in [-0.1, -0.05) is 12.1 Å². The number of hydrogen-bond donors (Lipinski definition) is 2. The molecule has 2 N–H and O–H groups in total. The highest BCUT2D eigenvalue weighted by molar-refractivity contribution is 7.92.